The lowest BCUT2D eigenvalue weighted by atomic mass is 9.82. The predicted molar refractivity (Wildman–Crippen MR) is 108 cm³/mol. The quantitative estimate of drug-likeness (QED) is 0.481. The molecule has 0 heterocycles. The zero-order valence-electron chi connectivity index (χ0n) is 16.6. The summed E-state index contributed by atoms with van der Waals surface area (Å²) in [5.41, 5.74) is 2.17. The van der Waals surface area contributed by atoms with Crippen molar-refractivity contribution in [3.05, 3.63) is 77.4 Å². The number of ether oxygens (including phenoxy) is 2. The second kappa shape index (κ2) is 7.59. The lowest BCUT2D eigenvalue weighted by molar-refractivity contribution is 0.00176. The highest BCUT2D eigenvalue weighted by Crippen LogP contribution is 2.38. The van der Waals surface area contributed by atoms with E-state index in [0.717, 1.165) is 30.6 Å². The molecule has 0 radical (unpaired) electrons. The molecule has 142 valence electrons. The number of hydrogen-bond acceptors (Lipinski definition) is 3. The number of benzene rings is 2. The molecule has 1 unspecified atom stereocenters. The summed E-state index contributed by atoms with van der Waals surface area (Å²) in [7, 11) is 1.64. The molecule has 1 aliphatic rings. The minimum Gasteiger partial charge on any atom is -0.497 e. The number of methoxy groups -OCH3 is 1. The van der Waals surface area contributed by atoms with Crippen LogP contribution in [0.25, 0.3) is 0 Å². The van der Waals surface area contributed by atoms with Gasteiger partial charge in [-0.2, -0.15) is 0 Å². The molecule has 1 aliphatic carbocycles. The van der Waals surface area contributed by atoms with Gasteiger partial charge in [0.2, 0.25) is 0 Å². The highest BCUT2D eigenvalue weighted by atomic mass is 16.6. The largest absolute Gasteiger partial charge is 0.497 e. The van der Waals surface area contributed by atoms with Gasteiger partial charge in [0, 0.05) is 0 Å². The van der Waals surface area contributed by atoms with Crippen molar-refractivity contribution in [3.8, 4) is 5.75 Å². The van der Waals surface area contributed by atoms with Crippen LogP contribution in [0, 0.1) is 0 Å². The monoisotopic (exact) mass is 364 g/mol. The summed E-state index contributed by atoms with van der Waals surface area (Å²) >= 11 is 0. The van der Waals surface area contributed by atoms with Gasteiger partial charge in [0.15, 0.2) is 5.60 Å². The highest BCUT2D eigenvalue weighted by Gasteiger charge is 2.36. The van der Waals surface area contributed by atoms with E-state index in [2.05, 4.69) is 26.8 Å². The third-order valence-electron chi connectivity index (χ3n) is 5.71. The second-order valence-electron chi connectivity index (χ2n) is 7.76. The van der Waals surface area contributed by atoms with Crippen molar-refractivity contribution >= 4 is 5.97 Å². The van der Waals surface area contributed by atoms with Crippen molar-refractivity contribution in [1.82, 2.24) is 0 Å². The van der Waals surface area contributed by atoms with E-state index in [4.69, 9.17) is 9.47 Å². The molecule has 3 nitrogen and oxygen atoms in total. The molecular formula is C24H28O3. The predicted octanol–water partition coefficient (Wildman–Crippen LogP) is 5.79. The van der Waals surface area contributed by atoms with Crippen molar-refractivity contribution in [1.29, 1.82) is 0 Å². The summed E-state index contributed by atoms with van der Waals surface area (Å²) in [6.07, 6.45) is 6.77. The van der Waals surface area contributed by atoms with Crippen LogP contribution in [-0.4, -0.2) is 13.1 Å². The second-order valence-corrected chi connectivity index (χ2v) is 7.76. The molecule has 0 aliphatic heterocycles. The maximum absolute atomic E-state index is 12.9. The first-order valence-electron chi connectivity index (χ1n) is 9.56. The molecule has 0 amide bonds. The van der Waals surface area contributed by atoms with E-state index in [1.54, 1.807) is 7.11 Å². The van der Waals surface area contributed by atoms with Gasteiger partial charge in [-0.25, -0.2) is 4.79 Å². The first-order valence-corrected chi connectivity index (χ1v) is 9.56. The molecule has 0 fully saturated rings. The van der Waals surface area contributed by atoms with Crippen LogP contribution in [0.3, 0.4) is 0 Å². The molecule has 0 saturated heterocycles. The van der Waals surface area contributed by atoms with Gasteiger partial charge in [-0.15, -0.1) is 0 Å². The van der Waals surface area contributed by atoms with Gasteiger partial charge in [0.05, 0.1) is 12.7 Å². The van der Waals surface area contributed by atoms with Crippen LogP contribution in [0.2, 0.25) is 0 Å². The van der Waals surface area contributed by atoms with E-state index in [1.165, 1.54) is 5.56 Å². The Bertz CT molecular complexity index is 816. The standard InChI is InChI=1S/C24H28O3/c1-5-23(2,3)19-10-8-18(9-11-19)22(25)27-24(16-6-7-17-24)20-12-14-21(26-4)15-13-20/h6,8-16H,5,7,17H2,1-4H3. The van der Waals surface area contributed by atoms with E-state index >= 15 is 0 Å². The van der Waals surface area contributed by atoms with E-state index in [9.17, 15) is 4.79 Å². The molecule has 0 N–H and O–H groups in total. The summed E-state index contributed by atoms with van der Waals surface area (Å²) in [6, 6.07) is 15.5. The lowest BCUT2D eigenvalue weighted by Crippen LogP contribution is -2.28. The Morgan fingerprint density at radius 3 is 2.26 bits per heavy atom. The molecule has 2 aromatic rings. The van der Waals surface area contributed by atoms with Gasteiger partial charge in [0.25, 0.3) is 0 Å². The smallest absolute Gasteiger partial charge is 0.339 e. The van der Waals surface area contributed by atoms with Crippen LogP contribution in [0.5, 0.6) is 5.75 Å². The van der Waals surface area contributed by atoms with Gasteiger partial charge in [-0.3, -0.25) is 0 Å². The van der Waals surface area contributed by atoms with Crippen LogP contribution in [0.15, 0.2) is 60.7 Å². The first kappa shape index (κ1) is 19.2. The SMILES string of the molecule is CCC(C)(C)c1ccc(C(=O)OC2(c3ccc(OC)cc3)C=CCC2)cc1. The van der Waals surface area contributed by atoms with Crippen molar-refractivity contribution in [2.75, 3.05) is 7.11 Å². The van der Waals surface area contributed by atoms with Crippen LogP contribution >= 0.6 is 0 Å². The van der Waals surface area contributed by atoms with E-state index in [1.807, 2.05) is 54.6 Å². The zero-order valence-corrected chi connectivity index (χ0v) is 16.6. The number of allylic oxidation sites excluding steroid dienone is 1. The Morgan fingerprint density at radius 2 is 1.74 bits per heavy atom. The third-order valence-corrected chi connectivity index (χ3v) is 5.71. The summed E-state index contributed by atoms with van der Waals surface area (Å²) < 4.78 is 11.3. The number of carbonyl (C=O) groups is 1. The van der Waals surface area contributed by atoms with Crippen LogP contribution < -0.4 is 4.74 Å². The molecule has 0 aromatic heterocycles. The van der Waals surface area contributed by atoms with Crippen molar-refractivity contribution in [3.63, 3.8) is 0 Å². The average Bonchev–Trinajstić information content (AvgIpc) is 3.17. The van der Waals surface area contributed by atoms with Crippen LogP contribution in [-0.2, 0) is 15.8 Å². The maximum atomic E-state index is 12.9. The van der Waals surface area contributed by atoms with E-state index in [-0.39, 0.29) is 11.4 Å². The average molecular weight is 364 g/mol. The Labute approximate surface area is 162 Å². The van der Waals surface area contributed by atoms with E-state index in [0.29, 0.717) is 5.56 Å². The minimum atomic E-state index is -0.704. The van der Waals surface area contributed by atoms with Gasteiger partial charge in [-0.1, -0.05) is 51.1 Å². The summed E-state index contributed by atoms with van der Waals surface area (Å²) in [5, 5.41) is 0. The van der Waals surface area contributed by atoms with Gasteiger partial charge in [0.1, 0.15) is 5.75 Å². The fraction of sp³-hybridized carbons (Fsp3) is 0.375. The molecule has 0 bridgehead atoms. The van der Waals surface area contributed by atoms with Crippen LogP contribution in [0.1, 0.15) is 61.5 Å². The highest BCUT2D eigenvalue weighted by molar-refractivity contribution is 5.90. The first-order chi connectivity index (χ1) is 12.9. The normalized spacial score (nSPS) is 19.1. The van der Waals surface area contributed by atoms with Crippen molar-refractivity contribution in [2.24, 2.45) is 0 Å². The Balaban J connectivity index is 1.82. The fourth-order valence-electron chi connectivity index (χ4n) is 3.40. The topological polar surface area (TPSA) is 35.5 Å². The minimum absolute atomic E-state index is 0.0982. The molecule has 3 heteroatoms. The number of esters is 1. The maximum Gasteiger partial charge on any atom is 0.339 e. The Hall–Kier alpha value is -2.55. The van der Waals surface area contributed by atoms with Crippen molar-refractivity contribution in [2.45, 2.75) is 51.0 Å². The number of hydrogen-bond donors (Lipinski definition) is 0. The van der Waals surface area contributed by atoms with Gasteiger partial charge >= 0.3 is 5.97 Å². The Kier molecular flexibility index (Phi) is 5.41. The van der Waals surface area contributed by atoms with Gasteiger partial charge in [-0.05, 0) is 66.1 Å². The molecule has 27 heavy (non-hydrogen) atoms. The summed E-state index contributed by atoms with van der Waals surface area (Å²) in [4.78, 5) is 12.9. The molecule has 2 aromatic carbocycles. The molecule has 3 rings (SSSR count). The lowest BCUT2D eigenvalue weighted by Gasteiger charge is -2.28. The van der Waals surface area contributed by atoms with Gasteiger partial charge < -0.3 is 9.47 Å². The third kappa shape index (κ3) is 3.92. The zero-order chi connectivity index (χ0) is 19.5. The summed E-state index contributed by atoms with van der Waals surface area (Å²) in [5.74, 6) is 0.495. The number of rotatable bonds is 6. The van der Waals surface area contributed by atoms with Crippen molar-refractivity contribution < 1.29 is 14.3 Å². The fourth-order valence-corrected chi connectivity index (χ4v) is 3.40. The number of carbonyl (C=O) groups excluding carboxylic acids is 1. The molecule has 0 saturated carbocycles. The van der Waals surface area contributed by atoms with E-state index < -0.39 is 5.60 Å². The molecular weight excluding hydrogens is 336 g/mol. The van der Waals surface area contributed by atoms with Crippen LogP contribution in [0.4, 0.5) is 0 Å². The summed E-state index contributed by atoms with van der Waals surface area (Å²) in [6.45, 7) is 6.60. The molecule has 0 spiro atoms. The molecule has 1 atom stereocenters. The Morgan fingerprint density at radius 1 is 1.07 bits per heavy atom.